The summed E-state index contributed by atoms with van der Waals surface area (Å²) in [6.45, 7) is 9.11. The van der Waals surface area contributed by atoms with Gasteiger partial charge in [-0.15, -0.1) is 0 Å². The van der Waals surface area contributed by atoms with Crippen molar-refractivity contribution in [3.63, 3.8) is 0 Å². The Labute approximate surface area is 123 Å². The number of fused-ring (bicyclic) bond motifs is 5. The minimum Gasteiger partial charge on any atom is -0.444 e. The molecule has 3 rings (SSSR count). The Morgan fingerprint density at radius 3 is 1.95 bits per heavy atom. The van der Waals surface area contributed by atoms with Crippen LogP contribution in [-0.4, -0.2) is 39.6 Å². The molecule has 3 saturated heterocycles. The van der Waals surface area contributed by atoms with Gasteiger partial charge >= 0.3 is 18.0 Å². The van der Waals surface area contributed by atoms with Crippen molar-refractivity contribution in [3.05, 3.63) is 0 Å². The van der Waals surface area contributed by atoms with Crippen LogP contribution in [0.15, 0.2) is 0 Å². The summed E-state index contributed by atoms with van der Waals surface area (Å²) in [4.78, 5) is 38.3. The molecule has 21 heavy (non-hydrogen) atoms. The highest BCUT2D eigenvalue weighted by Crippen LogP contribution is 2.62. The molecule has 3 heterocycles. The Balaban J connectivity index is 2.02. The first kappa shape index (κ1) is 14.4. The van der Waals surface area contributed by atoms with Crippen LogP contribution in [-0.2, 0) is 19.1 Å². The van der Waals surface area contributed by atoms with Crippen LogP contribution in [0, 0.1) is 11.8 Å². The first-order valence-corrected chi connectivity index (χ1v) is 7.29. The normalized spacial score (nSPS) is 41.3. The fourth-order valence-electron chi connectivity index (χ4n) is 4.35. The highest BCUT2D eigenvalue weighted by Gasteiger charge is 2.76. The summed E-state index contributed by atoms with van der Waals surface area (Å²) in [7, 11) is 0. The third-order valence-electron chi connectivity index (χ3n) is 5.12. The summed E-state index contributed by atoms with van der Waals surface area (Å²) in [5, 5.41) is 0. The molecule has 0 aromatic heterocycles. The Bertz CT molecular complexity index is 517. The molecular weight excluding hydrogens is 274 g/mol. The molecule has 116 valence electrons. The van der Waals surface area contributed by atoms with Gasteiger partial charge in [-0.3, -0.25) is 14.5 Å². The second-order valence-corrected chi connectivity index (χ2v) is 7.73. The summed E-state index contributed by atoms with van der Waals surface area (Å²) in [5.74, 6) is -2.17. The van der Waals surface area contributed by atoms with Crippen molar-refractivity contribution in [2.45, 2.75) is 64.1 Å². The second kappa shape index (κ2) is 3.78. The number of rotatable bonds is 0. The van der Waals surface area contributed by atoms with Crippen molar-refractivity contribution in [2.75, 3.05) is 0 Å². The molecule has 2 bridgehead atoms. The summed E-state index contributed by atoms with van der Waals surface area (Å²) in [6, 6.07) is 0. The van der Waals surface area contributed by atoms with Crippen LogP contribution in [0.1, 0.15) is 47.5 Å². The molecule has 0 aromatic rings. The maximum Gasteiger partial charge on any atom is 0.411 e. The van der Waals surface area contributed by atoms with Crippen LogP contribution in [0.3, 0.4) is 0 Å². The van der Waals surface area contributed by atoms with Crippen molar-refractivity contribution < 1.29 is 23.9 Å². The van der Waals surface area contributed by atoms with Crippen molar-refractivity contribution in [1.82, 2.24) is 4.90 Å². The van der Waals surface area contributed by atoms with Crippen LogP contribution in [0.25, 0.3) is 0 Å². The number of amides is 1. The van der Waals surface area contributed by atoms with Gasteiger partial charge in [0.2, 0.25) is 0 Å². The van der Waals surface area contributed by atoms with Crippen LogP contribution in [0.5, 0.6) is 0 Å². The molecule has 3 aliphatic rings. The quantitative estimate of drug-likeness (QED) is 0.504. The van der Waals surface area contributed by atoms with E-state index in [1.54, 1.807) is 25.7 Å². The molecule has 1 amide bonds. The second-order valence-electron chi connectivity index (χ2n) is 7.73. The van der Waals surface area contributed by atoms with E-state index >= 15 is 0 Å². The Morgan fingerprint density at radius 1 is 1.14 bits per heavy atom. The minimum atomic E-state index is -0.703. The molecule has 0 aliphatic carbocycles. The number of hydrogen-bond donors (Lipinski definition) is 0. The SMILES string of the molecule is CC(C)(C)OC(=O)N1C2(C)CCC1(C)[C@H]1C(=O)OC(=O)[C@H]12. The van der Waals surface area contributed by atoms with E-state index in [0.717, 1.165) is 0 Å². The predicted molar refractivity (Wildman–Crippen MR) is 72.2 cm³/mol. The minimum absolute atomic E-state index is 0.458. The van der Waals surface area contributed by atoms with E-state index in [0.29, 0.717) is 12.8 Å². The average Bonchev–Trinajstić information content (AvgIpc) is 2.80. The molecule has 0 saturated carbocycles. The molecule has 4 atom stereocenters. The summed E-state index contributed by atoms with van der Waals surface area (Å²) < 4.78 is 10.3. The highest BCUT2D eigenvalue weighted by molar-refractivity contribution is 6.00. The first-order chi connectivity index (χ1) is 9.51. The van der Waals surface area contributed by atoms with E-state index in [1.807, 2.05) is 13.8 Å². The Hall–Kier alpha value is -1.59. The van der Waals surface area contributed by atoms with E-state index in [-0.39, 0.29) is 0 Å². The maximum absolute atomic E-state index is 12.6. The van der Waals surface area contributed by atoms with E-state index in [2.05, 4.69) is 0 Å². The van der Waals surface area contributed by atoms with Crippen LogP contribution in [0.4, 0.5) is 4.79 Å². The fourth-order valence-corrected chi connectivity index (χ4v) is 4.35. The maximum atomic E-state index is 12.6. The van der Waals surface area contributed by atoms with Gasteiger partial charge in [0, 0.05) is 0 Å². The van der Waals surface area contributed by atoms with Gasteiger partial charge in [0.1, 0.15) is 5.60 Å². The molecule has 0 radical (unpaired) electrons. The monoisotopic (exact) mass is 295 g/mol. The largest absolute Gasteiger partial charge is 0.444 e. The lowest BCUT2D eigenvalue weighted by Crippen LogP contribution is -2.53. The van der Waals surface area contributed by atoms with Crippen molar-refractivity contribution in [2.24, 2.45) is 11.8 Å². The molecule has 2 unspecified atom stereocenters. The van der Waals surface area contributed by atoms with Crippen molar-refractivity contribution >= 4 is 18.0 Å². The van der Waals surface area contributed by atoms with Gasteiger partial charge in [0.05, 0.1) is 22.9 Å². The number of hydrogen-bond acceptors (Lipinski definition) is 5. The van der Waals surface area contributed by atoms with Crippen LogP contribution >= 0.6 is 0 Å². The van der Waals surface area contributed by atoms with Gasteiger partial charge in [0.25, 0.3) is 0 Å². The standard InChI is InChI=1S/C15H21NO5/c1-13(2,3)21-12(19)16-14(4)6-7-15(16,5)9-8(14)10(17)20-11(9)18/h8-9H,6-7H2,1-5H3/t8-,9+,14?,15?. The lowest BCUT2D eigenvalue weighted by Gasteiger charge is -2.38. The van der Waals surface area contributed by atoms with Gasteiger partial charge in [-0.05, 0) is 47.5 Å². The Kier molecular flexibility index (Phi) is 2.58. The Morgan fingerprint density at radius 2 is 1.57 bits per heavy atom. The van der Waals surface area contributed by atoms with Crippen LogP contribution in [0.2, 0.25) is 0 Å². The summed E-state index contributed by atoms with van der Waals surface area (Å²) >= 11 is 0. The summed E-state index contributed by atoms with van der Waals surface area (Å²) in [6.07, 6.45) is 0.887. The summed E-state index contributed by atoms with van der Waals surface area (Å²) in [5.41, 5.74) is -2.03. The lowest BCUT2D eigenvalue weighted by atomic mass is 9.69. The zero-order chi connectivity index (χ0) is 15.8. The van der Waals surface area contributed by atoms with Gasteiger partial charge in [-0.1, -0.05) is 0 Å². The number of esters is 2. The van der Waals surface area contributed by atoms with Crippen molar-refractivity contribution in [1.29, 1.82) is 0 Å². The molecule has 6 nitrogen and oxygen atoms in total. The zero-order valence-electron chi connectivity index (χ0n) is 13.1. The third kappa shape index (κ3) is 1.67. The van der Waals surface area contributed by atoms with Gasteiger partial charge in [0.15, 0.2) is 0 Å². The first-order valence-electron chi connectivity index (χ1n) is 7.29. The van der Waals surface area contributed by atoms with Gasteiger partial charge in [-0.25, -0.2) is 4.79 Å². The predicted octanol–water partition coefficient (Wildman–Crippen LogP) is 1.86. The fraction of sp³-hybridized carbons (Fsp3) is 0.800. The van der Waals surface area contributed by atoms with E-state index in [9.17, 15) is 14.4 Å². The molecule has 3 aliphatic heterocycles. The number of carbonyl (C=O) groups excluding carboxylic acids is 3. The zero-order valence-corrected chi connectivity index (χ0v) is 13.1. The topological polar surface area (TPSA) is 72.9 Å². The average molecular weight is 295 g/mol. The van der Waals surface area contributed by atoms with E-state index in [1.165, 1.54) is 0 Å². The number of ether oxygens (including phenoxy) is 2. The van der Waals surface area contributed by atoms with Gasteiger partial charge < -0.3 is 9.47 Å². The highest BCUT2D eigenvalue weighted by atomic mass is 16.6. The van der Waals surface area contributed by atoms with Gasteiger partial charge in [-0.2, -0.15) is 0 Å². The molecule has 6 heteroatoms. The van der Waals surface area contributed by atoms with Crippen LogP contribution < -0.4 is 0 Å². The molecule has 0 N–H and O–H groups in total. The number of cyclic esters (lactones) is 2. The number of carbonyl (C=O) groups is 3. The smallest absolute Gasteiger partial charge is 0.411 e. The third-order valence-corrected chi connectivity index (χ3v) is 5.12. The lowest BCUT2D eigenvalue weighted by molar-refractivity contribution is -0.156. The van der Waals surface area contributed by atoms with Crippen molar-refractivity contribution in [3.8, 4) is 0 Å². The van der Waals surface area contributed by atoms with E-state index < -0.39 is 46.5 Å². The number of nitrogens with zero attached hydrogens (tertiary/aromatic N) is 1. The molecule has 0 spiro atoms. The van der Waals surface area contributed by atoms with E-state index in [4.69, 9.17) is 9.47 Å². The molecular formula is C15H21NO5. The molecule has 0 aromatic carbocycles. The molecule has 3 fully saturated rings.